The fourth-order valence-corrected chi connectivity index (χ4v) is 2.12. The van der Waals surface area contributed by atoms with E-state index in [1.54, 1.807) is 18.0 Å². The summed E-state index contributed by atoms with van der Waals surface area (Å²) < 4.78 is 6.97. The summed E-state index contributed by atoms with van der Waals surface area (Å²) in [7, 11) is 3.47. The summed E-state index contributed by atoms with van der Waals surface area (Å²) in [6, 6.07) is 3.78. The third-order valence-electron chi connectivity index (χ3n) is 3.47. The van der Waals surface area contributed by atoms with Crippen molar-refractivity contribution in [3.05, 3.63) is 46.3 Å². The molecule has 1 heterocycles. The minimum absolute atomic E-state index is 0.00820. The van der Waals surface area contributed by atoms with E-state index in [1.807, 2.05) is 40.0 Å². The highest BCUT2D eigenvalue weighted by Crippen LogP contribution is 2.25. The number of carbonyl (C=O) groups excluding carboxylic acids is 1. The molecule has 0 bridgehead atoms. The molecule has 0 amide bonds. The first-order valence-corrected chi connectivity index (χ1v) is 6.14. The van der Waals surface area contributed by atoms with Crippen LogP contribution in [0.2, 0.25) is 0 Å². The largest absolute Gasteiger partial charge is 0.496 e. The number of hydrogen-bond donors (Lipinski definition) is 0. The highest BCUT2D eigenvalue weighted by molar-refractivity contribution is 6.10. The van der Waals surface area contributed by atoms with Crippen LogP contribution in [0.3, 0.4) is 0 Å². The van der Waals surface area contributed by atoms with Gasteiger partial charge in [-0.15, -0.1) is 0 Å². The molecule has 4 nitrogen and oxygen atoms in total. The van der Waals surface area contributed by atoms with E-state index in [2.05, 4.69) is 5.10 Å². The van der Waals surface area contributed by atoms with Gasteiger partial charge in [0.2, 0.25) is 0 Å². The predicted molar refractivity (Wildman–Crippen MR) is 73.8 cm³/mol. The number of rotatable bonds is 3. The van der Waals surface area contributed by atoms with Crippen molar-refractivity contribution in [2.75, 3.05) is 7.11 Å². The Bertz CT molecular complexity index is 642. The van der Waals surface area contributed by atoms with Crippen LogP contribution in [0.4, 0.5) is 0 Å². The van der Waals surface area contributed by atoms with E-state index in [-0.39, 0.29) is 5.78 Å². The van der Waals surface area contributed by atoms with Crippen LogP contribution in [0.15, 0.2) is 18.3 Å². The Morgan fingerprint density at radius 2 is 1.84 bits per heavy atom. The average Bonchev–Trinajstić information content (AvgIpc) is 2.71. The lowest BCUT2D eigenvalue weighted by molar-refractivity contribution is 0.103. The lowest BCUT2D eigenvalue weighted by atomic mass is 9.97. The highest BCUT2D eigenvalue weighted by Gasteiger charge is 2.18. The molecule has 100 valence electrons. The minimum atomic E-state index is 0.00820. The monoisotopic (exact) mass is 258 g/mol. The van der Waals surface area contributed by atoms with Crippen molar-refractivity contribution in [1.82, 2.24) is 9.78 Å². The second kappa shape index (κ2) is 4.88. The van der Waals surface area contributed by atoms with Gasteiger partial charge in [-0.25, -0.2) is 0 Å². The SMILES string of the molecule is COc1cc(C)c(C(=O)c2cnn(C)c2C)cc1C. The quantitative estimate of drug-likeness (QED) is 0.795. The van der Waals surface area contributed by atoms with E-state index in [0.29, 0.717) is 11.1 Å². The Hall–Kier alpha value is -2.10. The first-order valence-electron chi connectivity index (χ1n) is 6.14. The van der Waals surface area contributed by atoms with Gasteiger partial charge in [-0.3, -0.25) is 9.48 Å². The summed E-state index contributed by atoms with van der Waals surface area (Å²) in [6.45, 7) is 5.75. The minimum Gasteiger partial charge on any atom is -0.496 e. The topological polar surface area (TPSA) is 44.1 Å². The zero-order valence-electron chi connectivity index (χ0n) is 11.9. The molecular formula is C15H18N2O2. The standard InChI is InChI=1S/C15H18N2O2/c1-9-7-14(19-5)10(2)6-12(9)15(18)13-8-16-17(4)11(13)3/h6-8H,1-5H3. The maximum Gasteiger partial charge on any atom is 0.196 e. The van der Waals surface area contributed by atoms with E-state index < -0.39 is 0 Å². The molecule has 0 radical (unpaired) electrons. The number of ketones is 1. The molecule has 0 aliphatic rings. The maximum absolute atomic E-state index is 12.6. The maximum atomic E-state index is 12.6. The summed E-state index contributed by atoms with van der Waals surface area (Å²) in [5, 5.41) is 4.12. The molecule has 0 unspecified atom stereocenters. The third-order valence-corrected chi connectivity index (χ3v) is 3.47. The van der Waals surface area contributed by atoms with Gasteiger partial charge in [0.15, 0.2) is 5.78 Å². The first kappa shape index (κ1) is 13.3. The Labute approximate surface area is 113 Å². The second-order valence-corrected chi connectivity index (χ2v) is 4.73. The lowest BCUT2D eigenvalue weighted by Crippen LogP contribution is -2.06. The van der Waals surface area contributed by atoms with Gasteiger partial charge >= 0.3 is 0 Å². The number of nitrogens with zero attached hydrogens (tertiary/aromatic N) is 2. The van der Waals surface area contributed by atoms with Crippen molar-refractivity contribution in [2.24, 2.45) is 7.05 Å². The molecule has 0 atom stereocenters. The van der Waals surface area contributed by atoms with Crippen LogP contribution in [0, 0.1) is 20.8 Å². The van der Waals surface area contributed by atoms with Crippen LogP contribution in [0.1, 0.15) is 32.7 Å². The normalized spacial score (nSPS) is 10.6. The number of benzene rings is 1. The molecule has 0 saturated heterocycles. The molecule has 1 aromatic heterocycles. The molecule has 0 aliphatic carbocycles. The Kier molecular flexibility index (Phi) is 3.42. The van der Waals surface area contributed by atoms with Crippen LogP contribution >= 0.6 is 0 Å². The first-order chi connectivity index (χ1) is 8.95. The molecule has 2 aromatic rings. The summed E-state index contributed by atoms with van der Waals surface area (Å²) >= 11 is 0. The summed E-state index contributed by atoms with van der Waals surface area (Å²) in [4.78, 5) is 12.6. The predicted octanol–water partition coefficient (Wildman–Crippen LogP) is 2.58. The molecule has 0 fully saturated rings. The molecule has 0 aliphatic heterocycles. The fourth-order valence-electron chi connectivity index (χ4n) is 2.12. The fraction of sp³-hybridized carbons (Fsp3) is 0.333. The molecule has 2 rings (SSSR count). The molecule has 0 N–H and O–H groups in total. The zero-order valence-corrected chi connectivity index (χ0v) is 11.9. The van der Waals surface area contributed by atoms with Crippen LogP contribution < -0.4 is 4.74 Å². The number of ether oxygens (including phenoxy) is 1. The van der Waals surface area contributed by atoms with E-state index in [0.717, 1.165) is 22.6 Å². The number of aryl methyl sites for hydroxylation is 3. The lowest BCUT2D eigenvalue weighted by Gasteiger charge is -2.10. The van der Waals surface area contributed by atoms with E-state index in [4.69, 9.17) is 4.74 Å². The van der Waals surface area contributed by atoms with Gasteiger partial charge < -0.3 is 4.74 Å². The van der Waals surface area contributed by atoms with Crippen molar-refractivity contribution in [1.29, 1.82) is 0 Å². The summed E-state index contributed by atoms with van der Waals surface area (Å²) in [6.07, 6.45) is 1.62. The number of carbonyl (C=O) groups is 1. The Morgan fingerprint density at radius 3 is 2.37 bits per heavy atom. The molecule has 0 spiro atoms. The van der Waals surface area contributed by atoms with E-state index in [1.165, 1.54) is 0 Å². The van der Waals surface area contributed by atoms with Gasteiger partial charge in [0.1, 0.15) is 5.75 Å². The van der Waals surface area contributed by atoms with Crippen LogP contribution in [-0.2, 0) is 7.05 Å². The number of methoxy groups -OCH3 is 1. The van der Waals surface area contributed by atoms with E-state index >= 15 is 0 Å². The third kappa shape index (κ3) is 2.26. The Morgan fingerprint density at radius 1 is 1.16 bits per heavy atom. The van der Waals surface area contributed by atoms with Gasteiger partial charge in [0.05, 0.1) is 18.9 Å². The highest BCUT2D eigenvalue weighted by atomic mass is 16.5. The van der Waals surface area contributed by atoms with Gasteiger partial charge in [-0.2, -0.15) is 5.10 Å². The van der Waals surface area contributed by atoms with Crippen molar-refractivity contribution >= 4 is 5.78 Å². The van der Waals surface area contributed by atoms with Crippen molar-refractivity contribution < 1.29 is 9.53 Å². The van der Waals surface area contributed by atoms with Gasteiger partial charge in [0, 0.05) is 18.3 Å². The van der Waals surface area contributed by atoms with Crippen LogP contribution in [0.25, 0.3) is 0 Å². The molecule has 0 saturated carbocycles. The smallest absolute Gasteiger partial charge is 0.196 e. The second-order valence-electron chi connectivity index (χ2n) is 4.73. The van der Waals surface area contributed by atoms with Crippen molar-refractivity contribution in [2.45, 2.75) is 20.8 Å². The van der Waals surface area contributed by atoms with E-state index in [9.17, 15) is 4.79 Å². The van der Waals surface area contributed by atoms with Crippen molar-refractivity contribution in [3.8, 4) is 5.75 Å². The van der Waals surface area contributed by atoms with Crippen LogP contribution in [-0.4, -0.2) is 22.7 Å². The number of hydrogen-bond acceptors (Lipinski definition) is 3. The van der Waals surface area contributed by atoms with Gasteiger partial charge in [-0.1, -0.05) is 0 Å². The van der Waals surface area contributed by atoms with Crippen molar-refractivity contribution in [3.63, 3.8) is 0 Å². The Balaban J connectivity index is 2.51. The number of aromatic nitrogens is 2. The van der Waals surface area contributed by atoms with Crippen LogP contribution in [0.5, 0.6) is 5.75 Å². The van der Waals surface area contributed by atoms with Gasteiger partial charge in [0.25, 0.3) is 0 Å². The zero-order chi connectivity index (χ0) is 14.2. The molecular weight excluding hydrogens is 240 g/mol. The molecule has 1 aromatic carbocycles. The summed E-state index contributed by atoms with van der Waals surface area (Å²) in [5.74, 6) is 0.811. The summed E-state index contributed by atoms with van der Waals surface area (Å²) in [5.41, 5.74) is 4.09. The molecule has 4 heteroatoms. The van der Waals surface area contributed by atoms with Gasteiger partial charge in [-0.05, 0) is 44.0 Å². The average molecular weight is 258 g/mol. The molecule has 19 heavy (non-hydrogen) atoms.